The zero-order chi connectivity index (χ0) is 24.2. The number of anilines is 4. The van der Waals surface area contributed by atoms with Crippen molar-refractivity contribution in [3.05, 3.63) is 71.6 Å². The van der Waals surface area contributed by atoms with Gasteiger partial charge < -0.3 is 15.6 Å². The first-order valence-electron chi connectivity index (χ1n) is 10.6. The van der Waals surface area contributed by atoms with Crippen LogP contribution in [0.3, 0.4) is 0 Å². The Morgan fingerprint density at radius 3 is 2.71 bits per heavy atom. The lowest BCUT2D eigenvalue weighted by Crippen LogP contribution is -2.18. The van der Waals surface area contributed by atoms with Gasteiger partial charge in [0.25, 0.3) is 0 Å². The van der Waals surface area contributed by atoms with Crippen molar-refractivity contribution < 1.29 is 4.79 Å². The minimum Gasteiger partial charge on any atom is -0.360 e. The van der Waals surface area contributed by atoms with E-state index in [1.54, 1.807) is 11.7 Å². The monoisotopic (exact) mass is 503 g/mol. The van der Waals surface area contributed by atoms with E-state index in [1.807, 2.05) is 62.5 Å². The Balaban J connectivity index is 1.26. The molecule has 5 aromatic rings. The number of rotatable bonds is 7. The fourth-order valence-corrected chi connectivity index (χ4v) is 4.69. The third kappa shape index (κ3) is 5.67. The van der Waals surface area contributed by atoms with Gasteiger partial charge in [0, 0.05) is 34.6 Å². The summed E-state index contributed by atoms with van der Waals surface area (Å²) in [6.45, 7) is 3.91. The Bertz CT molecular complexity index is 1450. The maximum absolute atomic E-state index is 12.2. The SMILES string of the molecule is Cc1cc(Nc2cc(-c3ccc[nH]3)[nH]n2)nc(Sc2ccc(NC(=O)Nc3cncs3)cc2C)n1. The molecule has 0 aliphatic heterocycles. The number of amides is 2. The van der Waals surface area contributed by atoms with Crippen LogP contribution in [0.25, 0.3) is 11.4 Å². The lowest BCUT2D eigenvalue weighted by molar-refractivity contribution is 0.262. The summed E-state index contributed by atoms with van der Waals surface area (Å²) in [5.74, 6) is 1.31. The highest BCUT2D eigenvalue weighted by atomic mass is 32.2. The van der Waals surface area contributed by atoms with Crippen molar-refractivity contribution in [2.24, 2.45) is 0 Å². The summed E-state index contributed by atoms with van der Waals surface area (Å²) >= 11 is 2.82. The van der Waals surface area contributed by atoms with Gasteiger partial charge in [0.05, 0.1) is 23.1 Å². The molecule has 2 amide bonds. The lowest BCUT2D eigenvalue weighted by atomic mass is 10.2. The standard InChI is InChI=1S/C23H21N9OS2/c1-13-8-15(27-22(33)30-21-11-24-12-34-21)5-6-18(13)35-23-26-14(2)9-19(29-23)28-20-10-17(31-32-20)16-4-3-7-25-16/h3-12,25H,1-2H3,(H2,27,30,33)(H2,26,28,29,31,32). The third-order valence-electron chi connectivity index (χ3n) is 4.86. The van der Waals surface area contributed by atoms with Crippen molar-refractivity contribution in [1.82, 2.24) is 30.1 Å². The van der Waals surface area contributed by atoms with Crippen molar-refractivity contribution in [2.75, 3.05) is 16.0 Å². The van der Waals surface area contributed by atoms with Crippen LogP contribution in [0.4, 0.5) is 27.1 Å². The number of hydrogen-bond donors (Lipinski definition) is 5. The first kappa shape index (κ1) is 22.6. The molecule has 0 spiro atoms. The number of urea groups is 1. The fourth-order valence-electron chi connectivity index (χ4n) is 3.30. The van der Waals surface area contributed by atoms with Crippen molar-refractivity contribution in [3.8, 4) is 11.4 Å². The number of nitrogens with zero attached hydrogens (tertiary/aromatic N) is 4. The summed E-state index contributed by atoms with van der Waals surface area (Å²) in [5, 5.41) is 17.4. The average molecular weight is 504 g/mol. The summed E-state index contributed by atoms with van der Waals surface area (Å²) in [4.78, 5) is 29.5. The van der Waals surface area contributed by atoms with Crippen LogP contribution in [0.5, 0.6) is 0 Å². The molecule has 12 heteroatoms. The van der Waals surface area contributed by atoms with E-state index < -0.39 is 0 Å². The average Bonchev–Trinajstić information content (AvgIpc) is 3.58. The maximum atomic E-state index is 12.2. The first-order valence-corrected chi connectivity index (χ1v) is 12.3. The highest BCUT2D eigenvalue weighted by Crippen LogP contribution is 2.31. The number of aromatic nitrogens is 6. The van der Waals surface area contributed by atoms with E-state index in [2.05, 4.69) is 46.1 Å². The Labute approximate surface area is 209 Å². The Morgan fingerprint density at radius 2 is 1.94 bits per heavy atom. The van der Waals surface area contributed by atoms with Crippen LogP contribution in [-0.4, -0.2) is 36.2 Å². The maximum Gasteiger partial charge on any atom is 0.324 e. The second kappa shape index (κ2) is 9.99. The highest BCUT2D eigenvalue weighted by molar-refractivity contribution is 7.99. The smallest absolute Gasteiger partial charge is 0.324 e. The van der Waals surface area contributed by atoms with Crippen molar-refractivity contribution in [1.29, 1.82) is 0 Å². The van der Waals surface area contributed by atoms with Gasteiger partial charge in [0.2, 0.25) is 0 Å². The van der Waals surface area contributed by atoms with E-state index >= 15 is 0 Å². The molecule has 0 aliphatic carbocycles. The number of nitrogens with one attached hydrogen (secondary N) is 5. The van der Waals surface area contributed by atoms with E-state index in [0.29, 0.717) is 27.5 Å². The molecule has 176 valence electrons. The van der Waals surface area contributed by atoms with Crippen LogP contribution in [0.15, 0.2) is 70.4 Å². The summed E-state index contributed by atoms with van der Waals surface area (Å²) in [7, 11) is 0. The van der Waals surface area contributed by atoms with Gasteiger partial charge in [-0.05, 0) is 61.5 Å². The van der Waals surface area contributed by atoms with Crippen LogP contribution < -0.4 is 16.0 Å². The molecule has 0 unspecified atom stereocenters. The molecule has 0 bridgehead atoms. The van der Waals surface area contributed by atoms with Crippen LogP contribution >= 0.6 is 23.1 Å². The topological polar surface area (TPSA) is 136 Å². The zero-order valence-electron chi connectivity index (χ0n) is 18.8. The number of carbonyl (C=O) groups is 1. The van der Waals surface area contributed by atoms with Gasteiger partial charge >= 0.3 is 6.03 Å². The minimum absolute atomic E-state index is 0.315. The summed E-state index contributed by atoms with van der Waals surface area (Å²) in [6.07, 6.45) is 3.47. The Kier molecular flexibility index (Phi) is 6.46. The zero-order valence-corrected chi connectivity index (χ0v) is 20.4. The van der Waals surface area contributed by atoms with Crippen LogP contribution in [0.2, 0.25) is 0 Å². The predicted octanol–water partition coefficient (Wildman–Crippen LogP) is 5.81. The molecule has 4 heterocycles. The van der Waals surface area contributed by atoms with Crippen LogP contribution in [0, 0.1) is 13.8 Å². The quantitative estimate of drug-likeness (QED) is 0.177. The molecule has 1 aromatic carbocycles. The van der Waals surface area contributed by atoms with E-state index in [4.69, 9.17) is 0 Å². The minimum atomic E-state index is -0.315. The van der Waals surface area contributed by atoms with Gasteiger partial charge in [-0.1, -0.05) is 0 Å². The number of H-pyrrole nitrogens is 2. The van der Waals surface area contributed by atoms with E-state index in [0.717, 1.165) is 27.5 Å². The molecule has 0 saturated heterocycles. The van der Waals surface area contributed by atoms with Gasteiger partial charge in [-0.15, -0.1) is 11.3 Å². The van der Waals surface area contributed by atoms with E-state index in [-0.39, 0.29) is 6.03 Å². The molecular formula is C23H21N9OS2. The molecule has 5 N–H and O–H groups in total. The molecule has 0 fully saturated rings. The number of thiazole rings is 1. The van der Waals surface area contributed by atoms with Gasteiger partial charge in [-0.3, -0.25) is 15.4 Å². The molecule has 10 nitrogen and oxygen atoms in total. The van der Waals surface area contributed by atoms with E-state index in [1.165, 1.54) is 23.1 Å². The Morgan fingerprint density at radius 1 is 1.03 bits per heavy atom. The summed E-state index contributed by atoms with van der Waals surface area (Å²) in [6, 6.07) is 13.1. The lowest BCUT2D eigenvalue weighted by Gasteiger charge is -2.10. The number of aromatic amines is 2. The van der Waals surface area contributed by atoms with Crippen molar-refractivity contribution >= 4 is 51.5 Å². The van der Waals surface area contributed by atoms with Crippen molar-refractivity contribution in [3.63, 3.8) is 0 Å². The fraction of sp³-hybridized carbons (Fsp3) is 0.0870. The third-order valence-corrected chi connectivity index (χ3v) is 6.59. The van der Waals surface area contributed by atoms with Crippen LogP contribution in [-0.2, 0) is 0 Å². The summed E-state index contributed by atoms with van der Waals surface area (Å²) in [5.41, 5.74) is 6.01. The number of benzene rings is 1. The van der Waals surface area contributed by atoms with Gasteiger partial charge in [0.15, 0.2) is 11.0 Å². The molecule has 0 saturated carbocycles. The first-order chi connectivity index (χ1) is 17.0. The molecule has 0 atom stereocenters. The van der Waals surface area contributed by atoms with Gasteiger partial charge in [-0.25, -0.2) is 14.8 Å². The second-order valence-corrected chi connectivity index (χ2v) is 9.48. The molecule has 0 radical (unpaired) electrons. The molecule has 4 aromatic heterocycles. The number of hydrogen-bond acceptors (Lipinski definition) is 8. The van der Waals surface area contributed by atoms with Crippen molar-refractivity contribution in [2.45, 2.75) is 23.9 Å². The highest BCUT2D eigenvalue weighted by Gasteiger charge is 2.11. The number of aryl methyl sites for hydroxylation is 2. The predicted molar refractivity (Wildman–Crippen MR) is 138 cm³/mol. The molecular weight excluding hydrogens is 482 g/mol. The second-order valence-electron chi connectivity index (χ2n) is 7.58. The molecule has 5 rings (SSSR count). The van der Waals surface area contributed by atoms with E-state index in [9.17, 15) is 4.79 Å². The summed E-state index contributed by atoms with van der Waals surface area (Å²) < 4.78 is 0. The van der Waals surface area contributed by atoms with Gasteiger partial charge in [-0.2, -0.15) is 5.10 Å². The largest absolute Gasteiger partial charge is 0.360 e. The molecule has 0 aliphatic rings. The Hall–Kier alpha value is -4.16. The molecule has 35 heavy (non-hydrogen) atoms. The van der Waals surface area contributed by atoms with Gasteiger partial charge in [0.1, 0.15) is 10.8 Å². The number of carbonyl (C=O) groups excluding carboxylic acids is 1. The normalized spacial score (nSPS) is 10.8. The van der Waals surface area contributed by atoms with Crippen LogP contribution in [0.1, 0.15) is 11.3 Å².